The number of carbonyl (C=O) groups excluding carboxylic acids is 2. The fourth-order valence-electron chi connectivity index (χ4n) is 4.25. The summed E-state index contributed by atoms with van der Waals surface area (Å²) in [6.07, 6.45) is 4.53. The lowest BCUT2D eigenvalue weighted by molar-refractivity contribution is 0.0827. The van der Waals surface area contributed by atoms with E-state index in [1.165, 1.54) is 18.5 Å². The predicted molar refractivity (Wildman–Crippen MR) is 105 cm³/mol. The van der Waals surface area contributed by atoms with Crippen molar-refractivity contribution >= 4 is 28.6 Å². The van der Waals surface area contributed by atoms with Crippen molar-refractivity contribution in [1.82, 2.24) is 9.80 Å². The van der Waals surface area contributed by atoms with Crippen LogP contribution in [0.3, 0.4) is 0 Å². The molecule has 1 aromatic rings. The van der Waals surface area contributed by atoms with Crippen LogP contribution < -0.4 is 4.90 Å². The highest BCUT2D eigenvalue weighted by atomic mass is 35.5. The van der Waals surface area contributed by atoms with Gasteiger partial charge in [0.1, 0.15) is 0 Å². The fourth-order valence-corrected chi connectivity index (χ4v) is 4.42. The number of nitrogens with zero attached hydrogens (tertiary/aromatic N) is 3. The Kier molecular flexibility index (Phi) is 6.07. The van der Waals surface area contributed by atoms with Gasteiger partial charge in [-0.05, 0) is 73.4 Å². The van der Waals surface area contributed by atoms with Crippen LogP contribution in [0.1, 0.15) is 36.0 Å². The van der Waals surface area contributed by atoms with Crippen LogP contribution in [-0.2, 0) is 0 Å². The summed E-state index contributed by atoms with van der Waals surface area (Å²) in [5, 5.41) is -0.311. The van der Waals surface area contributed by atoms with Gasteiger partial charge in [-0.2, -0.15) is 0 Å². The molecule has 3 rings (SSSR count). The van der Waals surface area contributed by atoms with Crippen molar-refractivity contribution in [2.75, 3.05) is 45.2 Å². The summed E-state index contributed by atoms with van der Waals surface area (Å²) in [4.78, 5) is 29.0. The monoisotopic (exact) mass is 377 g/mol. The van der Waals surface area contributed by atoms with Gasteiger partial charge >= 0.3 is 5.37 Å². The average Bonchev–Trinajstić information content (AvgIpc) is 2.67. The molecule has 0 saturated carbocycles. The Labute approximate surface area is 160 Å². The van der Waals surface area contributed by atoms with Gasteiger partial charge in [-0.25, -0.2) is 0 Å². The zero-order valence-corrected chi connectivity index (χ0v) is 16.4. The van der Waals surface area contributed by atoms with Gasteiger partial charge in [0.25, 0.3) is 5.91 Å². The van der Waals surface area contributed by atoms with Gasteiger partial charge in [0.2, 0.25) is 0 Å². The van der Waals surface area contributed by atoms with E-state index < -0.39 is 0 Å². The first-order valence-corrected chi connectivity index (χ1v) is 9.84. The second-order valence-corrected chi connectivity index (χ2v) is 7.97. The third-order valence-corrected chi connectivity index (χ3v) is 6.12. The van der Waals surface area contributed by atoms with Crippen molar-refractivity contribution in [3.8, 4) is 0 Å². The number of carbonyl (C=O) groups is 2. The molecular weight excluding hydrogens is 350 g/mol. The third-order valence-electron chi connectivity index (χ3n) is 5.88. The Hall–Kier alpha value is -1.75. The largest absolute Gasteiger partial charge is 0.372 e. The quantitative estimate of drug-likeness (QED) is 0.596. The summed E-state index contributed by atoms with van der Waals surface area (Å²) in [5.41, 5.74) is 1.93. The minimum atomic E-state index is -0.311. The van der Waals surface area contributed by atoms with Crippen LogP contribution in [0, 0.1) is 11.8 Å². The maximum Gasteiger partial charge on any atom is 0.316 e. The van der Waals surface area contributed by atoms with E-state index in [-0.39, 0.29) is 11.3 Å². The highest BCUT2D eigenvalue weighted by Gasteiger charge is 2.30. The van der Waals surface area contributed by atoms with Crippen molar-refractivity contribution in [2.45, 2.75) is 25.7 Å². The zero-order chi connectivity index (χ0) is 18.7. The number of anilines is 1. The molecule has 2 aliphatic heterocycles. The molecule has 0 bridgehead atoms. The molecule has 2 aliphatic rings. The molecule has 2 heterocycles. The summed E-state index contributed by atoms with van der Waals surface area (Å²) in [6, 6.07) is 7.95. The first-order chi connectivity index (χ1) is 12.5. The molecule has 5 nitrogen and oxygen atoms in total. The molecule has 0 aromatic heterocycles. The molecule has 6 heteroatoms. The van der Waals surface area contributed by atoms with Crippen LogP contribution in [0.2, 0.25) is 0 Å². The fraction of sp³-hybridized carbons (Fsp3) is 0.600. The maximum atomic E-state index is 12.0. The van der Waals surface area contributed by atoms with Crippen molar-refractivity contribution in [3.05, 3.63) is 29.8 Å². The summed E-state index contributed by atoms with van der Waals surface area (Å²) in [5.74, 6) is 1.50. The van der Waals surface area contributed by atoms with Gasteiger partial charge in [0, 0.05) is 51.5 Å². The van der Waals surface area contributed by atoms with Gasteiger partial charge in [-0.15, -0.1) is 0 Å². The maximum absolute atomic E-state index is 12.0. The number of amides is 2. The number of rotatable bonds is 3. The van der Waals surface area contributed by atoms with Crippen LogP contribution in [0.15, 0.2) is 24.3 Å². The second kappa shape index (κ2) is 8.30. The molecule has 2 amide bonds. The molecule has 0 atom stereocenters. The lowest BCUT2D eigenvalue weighted by atomic mass is 9.79. The Bertz CT molecular complexity index is 631. The standard InChI is InChI=1S/C20H28ClN3O2/c1-22(2)19(25)17-3-5-18(6-4-17)23-11-7-15(8-12-23)16-9-13-24(14-10-16)20(21)26/h3-6,15-16H,7-14H2,1-2H3. The lowest BCUT2D eigenvalue weighted by Gasteiger charge is -2.40. The zero-order valence-electron chi connectivity index (χ0n) is 15.7. The number of hydrogen-bond donors (Lipinski definition) is 0. The van der Waals surface area contributed by atoms with Crippen LogP contribution in [0.5, 0.6) is 0 Å². The van der Waals surface area contributed by atoms with Crippen molar-refractivity contribution < 1.29 is 9.59 Å². The summed E-state index contributed by atoms with van der Waals surface area (Å²) >= 11 is 5.58. The molecule has 0 radical (unpaired) electrons. The van der Waals surface area contributed by atoms with E-state index in [1.54, 1.807) is 23.9 Å². The summed E-state index contributed by atoms with van der Waals surface area (Å²) in [7, 11) is 3.54. The van der Waals surface area contributed by atoms with E-state index in [1.807, 2.05) is 12.1 Å². The summed E-state index contributed by atoms with van der Waals surface area (Å²) in [6.45, 7) is 3.71. The number of likely N-dealkylation sites (tertiary alicyclic amines) is 1. The first-order valence-electron chi connectivity index (χ1n) is 9.47. The van der Waals surface area contributed by atoms with E-state index in [9.17, 15) is 9.59 Å². The van der Waals surface area contributed by atoms with Crippen molar-refractivity contribution in [1.29, 1.82) is 0 Å². The second-order valence-electron chi connectivity index (χ2n) is 7.65. The lowest BCUT2D eigenvalue weighted by Crippen LogP contribution is -2.41. The first kappa shape index (κ1) is 19.0. The molecular formula is C20H28ClN3O2. The van der Waals surface area contributed by atoms with E-state index in [0.717, 1.165) is 50.5 Å². The van der Waals surface area contributed by atoms with Gasteiger partial charge in [-0.3, -0.25) is 9.59 Å². The highest BCUT2D eigenvalue weighted by molar-refractivity contribution is 6.62. The molecule has 142 valence electrons. The van der Waals surface area contributed by atoms with Crippen LogP contribution >= 0.6 is 11.6 Å². The van der Waals surface area contributed by atoms with Gasteiger partial charge in [0.05, 0.1) is 0 Å². The van der Waals surface area contributed by atoms with Crippen LogP contribution in [0.25, 0.3) is 0 Å². The van der Waals surface area contributed by atoms with Crippen molar-refractivity contribution in [2.24, 2.45) is 11.8 Å². The number of halogens is 1. The van der Waals surface area contributed by atoms with E-state index in [4.69, 9.17) is 11.6 Å². The SMILES string of the molecule is CN(C)C(=O)c1ccc(N2CCC(C3CCN(C(=O)Cl)CC3)CC2)cc1. The van der Waals surface area contributed by atoms with Gasteiger partial charge in [-0.1, -0.05) is 0 Å². The average molecular weight is 378 g/mol. The molecule has 0 unspecified atom stereocenters. The smallest absolute Gasteiger partial charge is 0.316 e. The number of hydrogen-bond acceptors (Lipinski definition) is 3. The number of piperidine rings is 2. The molecule has 0 N–H and O–H groups in total. The van der Waals surface area contributed by atoms with E-state index in [2.05, 4.69) is 17.0 Å². The molecule has 0 spiro atoms. The third kappa shape index (κ3) is 4.32. The van der Waals surface area contributed by atoms with E-state index in [0.29, 0.717) is 5.92 Å². The minimum absolute atomic E-state index is 0.0389. The van der Waals surface area contributed by atoms with Gasteiger partial charge in [0.15, 0.2) is 0 Å². The topological polar surface area (TPSA) is 43.9 Å². The Morgan fingerprint density at radius 1 is 0.923 bits per heavy atom. The van der Waals surface area contributed by atoms with Crippen LogP contribution in [-0.4, -0.2) is 61.3 Å². The van der Waals surface area contributed by atoms with Crippen LogP contribution in [0.4, 0.5) is 10.5 Å². The summed E-state index contributed by atoms with van der Waals surface area (Å²) < 4.78 is 0. The Morgan fingerprint density at radius 3 is 1.88 bits per heavy atom. The highest BCUT2D eigenvalue weighted by Crippen LogP contribution is 2.34. The molecule has 26 heavy (non-hydrogen) atoms. The molecule has 0 aliphatic carbocycles. The predicted octanol–water partition coefficient (Wildman–Crippen LogP) is 3.68. The molecule has 2 saturated heterocycles. The normalized spacial score (nSPS) is 19.5. The number of benzene rings is 1. The van der Waals surface area contributed by atoms with E-state index >= 15 is 0 Å². The molecule has 2 fully saturated rings. The van der Waals surface area contributed by atoms with Gasteiger partial charge < -0.3 is 14.7 Å². The molecule has 1 aromatic carbocycles. The minimum Gasteiger partial charge on any atom is -0.372 e. The Balaban J connectivity index is 1.51. The van der Waals surface area contributed by atoms with Crippen molar-refractivity contribution in [3.63, 3.8) is 0 Å². The Morgan fingerprint density at radius 2 is 1.42 bits per heavy atom.